The Morgan fingerprint density at radius 1 is 1.32 bits per heavy atom. The van der Waals surface area contributed by atoms with Crippen molar-refractivity contribution < 1.29 is 19.0 Å². The van der Waals surface area contributed by atoms with Crippen LogP contribution in [0.2, 0.25) is 0 Å². The van der Waals surface area contributed by atoms with Crippen LogP contribution >= 0.6 is 0 Å². The van der Waals surface area contributed by atoms with Crippen molar-refractivity contribution in [2.45, 2.75) is 76.4 Å². The number of likely N-dealkylation sites (N-methyl/N-ethyl adjacent to an activating group) is 1. The minimum absolute atomic E-state index is 0.0303. The van der Waals surface area contributed by atoms with Gasteiger partial charge in [0.25, 0.3) is 0 Å². The number of carbonyl (C=O) groups is 1. The summed E-state index contributed by atoms with van der Waals surface area (Å²) in [5.41, 5.74) is 2.48. The molecule has 7 nitrogen and oxygen atoms in total. The number of pyridine rings is 1. The number of aromatic nitrogens is 1. The first-order valence-electron chi connectivity index (χ1n) is 13.5. The Morgan fingerprint density at radius 2 is 2.14 bits per heavy atom. The Bertz CT molecular complexity index is 1080. The molecule has 1 unspecified atom stereocenters. The number of likely N-dealkylation sites (tertiary alicyclic amines) is 1. The first-order valence-corrected chi connectivity index (χ1v) is 13.5. The zero-order valence-electron chi connectivity index (χ0n) is 22.5. The number of hydrogen-bond acceptors (Lipinski definition) is 6. The van der Waals surface area contributed by atoms with Gasteiger partial charge in [0.05, 0.1) is 7.11 Å². The van der Waals surface area contributed by atoms with Gasteiger partial charge in [0.15, 0.2) is 11.6 Å². The van der Waals surface area contributed by atoms with Gasteiger partial charge in [-0.1, -0.05) is 26.3 Å². The van der Waals surface area contributed by atoms with Gasteiger partial charge in [-0.15, -0.1) is 0 Å². The molecule has 202 valence electrons. The van der Waals surface area contributed by atoms with Gasteiger partial charge >= 0.3 is 5.97 Å². The van der Waals surface area contributed by atoms with Crippen LogP contribution in [0.15, 0.2) is 30.5 Å². The molecule has 1 aromatic carbocycles. The van der Waals surface area contributed by atoms with Gasteiger partial charge in [0.1, 0.15) is 11.9 Å². The van der Waals surface area contributed by atoms with E-state index < -0.39 is 17.8 Å². The number of fused-ring (bicyclic) bond motifs is 1. The van der Waals surface area contributed by atoms with E-state index in [-0.39, 0.29) is 17.7 Å². The lowest BCUT2D eigenvalue weighted by molar-refractivity contribution is -0.143. The first kappa shape index (κ1) is 27.3. The highest BCUT2D eigenvalue weighted by molar-refractivity contribution is 5.77. The average molecular weight is 513 g/mol. The Hall–Kier alpha value is -2.71. The fourth-order valence-electron chi connectivity index (χ4n) is 5.75. The topological polar surface area (TPSA) is 77.9 Å². The molecule has 0 radical (unpaired) electrons. The molecule has 2 aliphatic heterocycles. The van der Waals surface area contributed by atoms with Gasteiger partial charge < -0.3 is 20.1 Å². The molecule has 0 saturated carbocycles. The molecule has 1 aromatic heterocycles. The van der Waals surface area contributed by atoms with E-state index >= 15 is 0 Å². The lowest BCUT2D eigenvalue weighted by atomic mass is 9.95. The minimum atomic E-state index is -0.974. The van der Waals surface area contributed by atoms with Crippen molar-refractivity contribution in [2.75, 3.05) is 39.1 Å². The van der Waals surface area contributed by atoms with E-state index in [1.165, 1.54) is 18.7 Å². The van der Waals surface area contributed by atoms with E-state index in [0.717, 1.165) is 56.5 Å². The number of rotatable bonds is 11. The van der Waals surface area contributed by atoms with E-state index in [2.05, 4.69) is 28.3 Å². The van der Waals surface area contributed by atoms with Crippen LogP contribution in [-0.2, 0) is 11.2 Å². The lowest BCUT2D eigenvalue weighted by Crippen LogP contribution is -2.38. The quantitative estimate of drug-likeness (QED) is 0.407. The molecule has 1 saturated heterocycles. The summed E-state index contributed by atoms with van der Waals surface area (Å²) in [5.74, 6) is -0.332. The highest BCUT2D eigenvalue weighted by Gasteiger charge is 2.37. The summed E-state index contributed by atoms with van der Waals surface area (Å²) in [7, 11) is 3.52. The predicted molar refractivity (Wildman–Crippen MR) is 144 cm³/mol. The van der Waals surface area contributed by atoms with Gasteiger partial charge in [-0.05, 0) is 80.9 Å². The van der Waals surface area contributed by atoms with E-state index in [9.17, 15) is 14.3 Å². The standard InChI is InChI=1S/C29H41FN4O3/c1-19(2)21-16-24(27(37-4)25(30)17-21)26(29(35)36)34-15-12-23(18-34)33(3)14-6-5-9-22-11-10-20-8-7-13-31-28(20)32-22/h7-8,13,16-17,19,22-23,26H,5-6,9-12,14-15,18H2,1-4H3,(H,31,32)(H,35,36)/t22-,23-,26?/m1/s1. The van der Waals surface area contributed by atoms with Crippen LogP contribution in [0.1, 0.15) is 74.6 Å². The van der Waals surface area contributed by atoms with Crippen molar-refractivity contribution in [3.63, 3.8) is 0 Å². The number of unbranched alkanes of at least 4 members (excludes halogenated alkanes) is 1. The molecule has 37 heavy (non-hydrogen) atoms. The molecule has 2 aromatic rings. The maximum Gasteiger partial charge on any atom is 0.325 e. The summed E-state index contributed by atoms with van der Waals surface area (Å²) in [6, 6.07) is 7.21. The largest absolute Gasteiger partial charge is 0.493 e. The fraction of sp³-hybridized carbons (Fsp3) is 0.586. The van der Waals surface area contributed by atoms with E-state index in [0.29, 0.717) is 24.7 Å². The number of nitrogens with zero attached hydrogens (tertiary/aromatic N) is 3. The van der Waals surface area contributed by atoms with E-state index in [1.807, 2.05) is 31.0 Å². The highest BCUT2D eigenvalue weighted by atomic mass is 19.1. The summed E-state index contributed by atoms with van der Waals surface area (Å²) in [6.45, 7) is 6.21. The number of carboxylic acid groups (broad SMARTS) is 1. The summed E-state index contributed by atoms with van der Waals surface area (Å²) in [5, 5.41) is 13.8. The van der Waals surface area contributed by atoms with Crippen LogP contribution in [0.5, 0.6) is 5.75 Å². The molecule has 0 amide bonds. The van der Waals surface area contributed by atoms with Crippen LogP contribution in [0.3, 0.4) is 0 Å². The Balaban J connectivity index is 1.31. The number of methoxy groups -OCH3 is 1. The molecular weight excluding hydrogens is 471 g/mol. The normalized spacial score (nSPS) is 20.6. The SMILES string of the molecule is COc1c(F)cc(C(C)C)cc1C(C(=O)O)N1CC[C@@H](N(C)CCCC[C@@H]2CCc3cccnc3N2)C1. The van der Waals surface area contributed by atoms with Crippen LogP contribution < -0.4 is 10.1 Å². The van der Waals surface area contributed by atoms with Crippen molar-refractivity contribution in [1.29, 1.82) is 0 Å². The molecule has 0 bridgehead atoms. The third kappa shape index (κ3) is 6.41. The molecule has 3 heterocycles. The summed E-state index contributed by atoms with van der Waals surface area (Å²) in [4.78, 5) is 21.2. The number of carboxylic acids is 1. The van der Waals surface area contributed by atoms with Gasteiger partial charge in [-0.3, -0.25) is 9.69 Å². The second-order valence-corrected chi connectivity index (χ2v) is 10.8. The lowest BCUT2D eigenvalue weighted by Gasteiger charge is -2.29. The molecule has 0 spiro atoms. The molecule has 1 fully saturated rings. The monoisotopic (exact) mass is 512 g/mol. The zero-order valence-corrected chi connectivity index (χ0v) is 22.5. The Kier molecular flexibility index (Phi) is 9.03. The summed E-state index contributed by atoms with van der Waals surface area (Å²) in [6.07, 6.45) is 8.31. The van der Waals surface area contributed by atoms with Crippen molar-refractivity contribution in [3.8, 4) is 5.75 Å². The van der Waals surface area contributed by atoms with E-state index in [1.54, 1.807) is 6.07 Å². The molecule has 3 atom stereocenters. The number of hydrogen-bond donors (Lipinski definition) is 2. The van der Waals surface area contributed by atoms with Crippen LogP contribution in [0.4, 0.5) is 10.2 Å². The van der Waals surface area contributed by atoms with Gasteiger partial charge in [0, 0.05) is 36.9 Å². The first-order chi connectivity index (χ1) is 17.8. The van der Waals surface area contributed by atoms with Gasteiger partial charge in [-0.25, -0.2) is 9.37 Å². The second kappa shape index (κ2) is 12.2. The predicted octanol–water partition coefficient (Wildman–Crippen LogP) is 5.08. The van der Waals surface area contributed by atoms with Crippen molar-refractivity contribution in [3.05, 3.63) is 53.0 Å². The maximum atomic E-state index is 14.8. The molecular formula is C29H41FN4O3. The number of ether oxygens (including phenoxy) is 1. The number of benzene rings is 1. The van der Waals surface area contributed by atoms with Crippen molar-refractivity contribution in [2.24, 2.45) is 0 Å². The van der Waals surface area contributed by atoms with Crippen molar-refractivity contribution in [1.82, 2.24) is 14.8 Å². The number of aliphatic carboxylic acids is 1. The fourth-order valence-corrected chi connectivity index (χ4v) is 5.75. The number of aryl methyl sites for hydroxylation is 1. The zero-order chi connectivity index (χ0) is 26.5. The molecule has 2 N–H and O–H groups in total. The third-order valence-electron chi connectivity index (χ3n) is 7.98. The molecule has 2 aliphatic rings. The number of halogens is 1. The van der Waals surface area contributed by atoms with Gasteiger partial charge in [0.2, 0.25) is 0 Å². The smallest absolute Gasteiger partial charge is 0.325 e. The average Bonchev–Trinajstić information content (AvgIpc) is 3.36. The molecule has 4 rings (SSSR count). The molecule has 0 aliphatic carbocycles. The molecule has 8 heteroatoms. The van der Waals surface area contributed by atoms with Crippen LogP contribution in [-0.4, -0.2) is 71.7 Å². The summed E-state index contributed by atoms with van der Waals surface area (Å²) >= 11 is 0. The second-order valence-electron chi connectivity index (χ2n) is 10.8. The van der Waals surface area contributed by atoms with E-state index in [4.69, 9.17) is 4.74 Å². The highest BCUT2D eigenvalue weighted by Crippen LogP contribution is 2.37. The minimum Gasteiger partial charge on any atom is -0.493 e. The van der Waals surface area contributed by atoms with Crippen LogP contribution in [0, 0.1) is 5.82 Å². The summed E-state index contributed by atoms with van der Waals surface area (Å²) < 4.78 is 20.1. The number of nitrogens with one attached hydrogen (secondary N) is 1. The Morgan fingerprint density at radius 3 is 2.86 bits per heavy atom. The third-order valence-corrected chi connectivity index (χ3v) is 7.98. The van der Waals surface area contributed by atoms with Crippen LogP contribution in [0.25, 0.3) is 0 Å². The Labute approximate surface area is 220 Å². The van der Waals surface area contributed by atoms with Gasteiger partial charge in [-0.2, -0.15) is 0 Å². The van der Waals surface area contributed by atoms with Crippen molar-refractivity contribution >= 4 is 11.8 Å². The number of anilines is 1. The maximum absolute atomic E-state index is 14.8.